The fraction of sp³-hybridized carbons (Fsp3) is 0.500. The van der Waals surface area contributed by atoms with Crippen LogP contribution >= 0.6 is 15.9 Å². The van der Waals surface area contributed by atoms with Gasteiger partial charge in [0.2, 0.25) is 0 Å². The number of halogens is 1. The SMILES string of the molecule is CCOC(=O)[C@@H]1C[C@H]1c1cnc(Br)cn1. The third-order valence-electron chi connectivity index (χ3n) is 2.40. The van der Waals surface area contributed by atoms with E-state index in [0.29, 0.717) is 11.2 Å². The first-order valence-corrected chi connectivity index (χ1v) is 5.65. The van der Waals surface area contributed by atoms with Crippen molar-refractivity contribution in [3.05, 3.63) is 22.7 Å². The van der Waals surface area contributed by atoms with Crippen LogP contribution in [0.4, 0.5) is 0 Å². The van der Waals surface area contributed by atoms with Gasteiger partial charge in [-0.3, -0.25) is 9.78 Å². The summed E-state index contributed by atoms with van der Waals surface area (Å²) >= 11 is 3.22. The molecule has 2 rings (SSSR count). The largest absolute Gasteiger partial charge is 0.466 e. The van der Waals surface area contributed by atoms with Crippen molar-refractivity contribution in [3.8, 4) is 0 Å². The van der Waals surface area contributed by atoms with Crippen LogP contribution in [0.1, 0.15) is 25.0 Å². The summed E-state index contributed by atoms with van der Waals surface area (Å²) in [6.45, 7) is 2.25. The van der Waals surface area contributed by atoms with Crippen LogP contribution in [0.3, 0.4) is 0 Å². The molecule has 2 atom stereocenters. The Morgan fingerprint density at radius 3 is 3.00 bits per heavy atom. The number of carbonyl (C=O) groups is 1. The van der Waals surface area contributed by atoms with Crippen LogP contribution in [0.2, 0.25) is 0 Å². The Kier molecular flexibility index (Phi) is 3.00. The van der Waals surface area contributed by atoms with E-state index in [1.54, 1.807) is 12.4 Å². The molecule has 1 aliphatic carbocycles. The molecule has 1 aromatic heterocycles. The first-order chi connectivity index (χ1) is 7.22. The van der Waals surface area contributed by atoms with Gasteiger partial charge in [-0.05, 0) is 29.3 Å². The number of esters is 1. The lowest BCUT2D eigenvalue weighted by Crippen LogP contribution is -2.07. The van der Waals surface area contributed by atoms with Gasteiger partial charge in [0.05, 0.1) is 30.6 Å². The molecular formula is C10H11BrN2O2. The number of aromatic nitrogens is 2. The van der Waals surface area contributed by atoms with Crippen molar-refractivity contribution in [1.82, 2.24) is 9.97 Å². The van der Waals surface area contributed by atoms with Crippen LogP contribution in [-0.4, -0.2) is 22.5 Å². The van der Waals surface area contributed by atoms with Gasteiger partial charge in [-0.1, -0.05) is 0 Å². The highest BCUT2D eigenvalue weighted by atomic mass is 79.9. The molecule has 0 spiro atoms. The molecule has 15 heavy (non-hydrogen) atoms. The Morgan fingerprint density at radius 1 is 1.60 bits per heavy atom. The topological polar surface area (TPSA) is 52.1 Å². The summed E-state index contributed by atoms with van der Waals surface area (Å²) < 4.78 is 5.65. The molecule has 5 heteroatoms. The number of rotatable bonds is 3. The van der Waals surface area contributed by atoms with Crippen molar-refractivity contribution in [2.24, 2.45) is 5.92 Å². The van der Waals surface area contributed by atoms with Gasteiger partial charge in [0.25, 0.3) is 0 Å². The van der Waals surface area contributed by atoms with Crippen molar-refractivity contribution in [3.63, 3.8) is 0 Å². The van der Waals surface area contributed by atoms with E-state index in [4.69, 9.17) is 4.74 Å². The maximum absolute atomic E-state index is 11.4. The summed E-state index contributed by atoms with van der Waals surface area (Å²) in [5.74, 6) is 0.0669. The second-order valence-corrected chi connectivity index (χ2v) is 4.28. The highest BCUT2D eigenvalue weighted by Gasteiger charge is 2.46. The number of hydrogen-bond acceptors (Lipinski definition) is 4. The molecule has 0 saturated heterocycles. The Morgan fingerprint density at radius 2 is 2.40 bits per heavy atom. The Labute approximate surface area is 96.2 Å². The van der Waals surface area contributed by atoms with Crippen LogP contribution in [-0.2, 0) is 9.53 Å². The summed E-state index contributed by atoms with van der Waals surface area (Å²) in [7, 11) is 0. The molecule has 0 aromatic carbocycles. The van der Waals surface area contributed by atoms with E-state index in [1.165, 1.54) is 0 Å². The zero-order valence-corrected chi connectivity index (χ0v) is 9.90. The monoisotopic (exact) mass is 270 g/mol. The van der Waals surface area contributed by atoms with Gasteiger partial charge in [0.1, 0.15) is 4.60 Å². The number of ether oxygens (including phenoxy) is 1. The zero-order chi connectivity index (χ0) is 10.8. The summed E-state index contributed by atoms with van der Waals surface area (Å²) in [6.07, 6.45) is 4.18. The number of hydrogen-bond donors (Lipinski definition) is 0. The second-order valence-electron chi connectivity index (χ2n) is 3.46. The molecular weight excluding hydrogens is 260 g/mol. The van der Waals surface area contributed by atoms with Crippen LogP contribution in [0.5, 0.6) is 0 Å². The van der Waals surface area contributed by atoms with Gasteiger partial charge in [0, 0.05) is 5.92 Å². The van der Waals surface area contributed by atoms with Crippen molar-refractivity contribution in [1.29, 1.82) is 0 Å². The van der Waals surface area contributed by atoms with Gasteiger partial charge in [0.15, 0.2) is 0 Å². The third-order valence-corrected chi connectivity index (χ3v) is 2.81. The zero-order valence-electron chi connectivity index (χ0n) is 8.31. The van der Waals surface area contributed by atoms with Crippen molar-refractivity contribution >= 4 is 21.9 Å². The van der Waals surface area contributed by atoms with Crippen LogP contribution in [0, 0.1) is 5.92 Å². The fourth-order valence-electron chi connectivity index (χ4n) is 1.55. The minimum atomic E-state index is -0.118. The smallest absolute Gasteiger partial charge is 0.309 e. The van der Waals surface area contributed by atoms with Crippen molar-refractivity contribution in [2.75, 3.05) is 6.61 Å². The molecule has 0 amide bonds. The average molecular weight is 271 g/mol. The normalized spacial score (nSPS) is 23.6. The average Bonchev–Trinajstić information content (AvgIpc) is 2.99. The predicted molar refractivity (Wildman–Crippen MR) is 57.2 cm³/mol. The minimum absolute atomic E-state index is 0.0135. The van der Waals surface area contributed by atoms with E-state index < -0.39 is 0 Å². The predicted octanol–water partition coefficient (Wildman–Crippen LogP) is 1.91. The molecule has 1 heterocycles. The van der Waals surface area contributed by atoms with Gasteiger partial charge in [-0.2, -0.15) is 0 Å². The highest BCUT2D eigenvalue weighted by Crippen LogP contribution is 2.47. The lowest BCUT2D eigenvalue weighted by Gasteiger charge is -2.00. The maximum Gasteiger partial charge on any atom is 0.309 e. The van der Waals surface area contributed by atoms with Crippen molar-refractivity contribution in [2.45, 2.75) is 19.3 Å². The number of nitrogens with zero attached hydrogens (tertiary/aromatic N) is 2. The van der Waals surface area contributed by atoms with E-state index in [2.05, 4.69) is 25.9 Å². The molecule has 1 aromatic rings. The molecule has 0 bridgehead atoms. The lowest BCUT2D eigenvalue weighted by atomic mass is 10.2. The molecule has 0 N–H and O–H groups in total. The molecule has 0 radical (unpaired) electrons. The molecule has 0 aliphatic heterocycles. The first kappa shape index (κ1) is 10.5. The van der Waals surface area contributed by atoms with Gasteiger partial charge >= 0.3 is 5.97 Å². The number of carbonyl (C=O) groups excluding carboxylic acids is 1. The maximum atomic E-state index is 11.4. The molecule has 4 nitrogen and oxygen atoms in total. The van der Waals surface area contributed by atoms with Crippen LogP contribution in [0.15, 0.2) is 17.0 Å². The van der Waals surface area contributed by atoms with Gasteiger partial charge < -0.3 is 4.74 Å². The summed E-state index contributed by atoms with van der Waals surface area (Å²) in [4.78, 5) is 19.7. The Bertz CT molecular complexity index is 366. The van der Waals surface area contributed by atoms with E-state index in [1.807, 2.05) is 6.92 Å². The van der Waals surface area contributed by atoms with E-state index >= 15 is 0 Å². The van der Waals surface area contributed by atoms with Crippen molar-refractivity contribution < 1.29 is 9.53 Å². The van der Waals surface area contributed by atoms with Gasteiger partial charge in [-0.25, -0.2) is 4.98 Å². The lowest BCUT2D eigenvalue weighted by molar-refractivity contribution is -0.144. The van der Waals surface area contributed by atoms with E-state index in [0.717, 1.165) is 12.1 Å². The molecule has 80 valence electrons. The van der Waals surface area contributed by atoms with E-state index in [9.17, 15) is 4.79 Å². The molecule has 0 unspecified atom stereocenters. The highest BCUT2D eigenvalue weighted by molar-refractivity contribution is 9.10. The summed E-state index contributed by atoms with van der Waals surface area (Å²) in [5.41, 5.74) is 0.872. The van der Waals surface area contributed by atoms with Crippen LogP contribution in [0.25, 0.3) is 0 Å². The van der Waals surface area contributed by atoms with E-state index in [-0.39, 0.29) is 17.8 Å². The summed E-state index contributed by atoms with van der Waals surface area (Å²) in [5, 5.41) is 0. The quantitative estimate of drug-likeness (QED) is 0.788. The third kappa shape index (κ3) is 2.34. The molecule has 1 fully saturated rings. The summed E-state index contributed by atoms with van der Waals surface area (Å²) in [6, 6.07) is 0. The van der Waals surface area contributed by atoms with Crippen LogP contribution < -0.4 is 0 Å². The Balaban J connectivity index is 1.98. The minimum Gasteiger partial charge on any atom is -0.466 e. The second kappa shape index (κ2) is 4.26. The first-order valence-electron chi connectivity index (χ1n) is 4.86. The fourth-order valence-corrected chi connectivity index (χ4v) is 1.75. The standard InChI is InChI=1S/C10H11BrN2O2/c1-2-15-10(14)7-3-6(7)8-4-13-9(11)5-12-8/h4-7H,2-3H2,1H3/t6-,7-/m1/s1. The molecule has 1 saturated carbocycles. The van der Waals surface area contributed by atoms with Gasteiger partial charge in [-0.15, -0.1) is 0 Å². The Hall–Kier alpha value is -0.970. The molecule has 1 aliphatic rings.